The minimum absolute atomic E-state index is 0.138. The molecule has 0 aromatic heterocycles. The van der Waals surface area contributed by atoms with E-state index in [0.29, 0.717) is 17.9 Å². The van der Waals surface area contributed by atoms with Crippen molar-refractivity contribution in [3.8, 4) is 5.75 Å². The number of benzene rings is 1. The van der Waals surface area contributed by atoms with Gasteiger partial charge in [0.25, 0.3) is 5.79 Å². The lowest BCUT2D eigenvalue weighted by atomic mass is 10.1. The zero-order valence-electron chi connectivity index (χ0n) is 12.6. The van der Waals surface area contributed by atoms with Crippen LogP contribution >= 0.6 is 0 Å². The van der Waals surface area contributed by atoms with Crippen molar-refractivity contribution in [2.75, 3.05) is 6.61 Å². The van der Waals surface area contributed by atoms with E-state index in [2.05, 4.69) is 0 Å². The summed E-state index contributed by atoms with van der Waals surface area (Å²) in [5.41, 5.74) is 1.49. The van der Waals surface area contributed by atoms with Crippen molar-refractivity contribution in [2.24, 2.45) is 0 Å². The highest BCUT2D eigenvalue weighted by Crippen LogP contribution is 2.27. The Labute approximate surface area is 123 Å². The van der Waals surface area contributed by atoms with Gasteiger partial charge in [0.05, 0.1) is 6.61 Å². The van der Waals surface area contributed by atoms with Gasteiger partial charge in [0.1, 0.15) is 11.3 Å². The molecular weight excluding hydrogens is 272 g/mol. The number of ether oxygens (including phenoxy) is 3. The van der Waals surface area contributed by atoms with Gasteiger partial charge in [0, 0.05) is 19.4 Å². The summed E-state index contributed by atoms with van der Waals surface area (Å²) >= 11 is 0. The molecule has 21 heavy (non-hydrogen) atoms. The molecule has 0 atom stereocenters. The van der Waals surface area contributed by atoms with Crippen LogP contribution in [0.4, 0.5) is 0 Å². The zero-order chi connectivity index (χ0) is 15.6. The van der Waals surface area contributed by atoms with Crippen LogP contribution < -0.4 is 4.74 Å². The Morgan fingerprint density at radius 3 is 2.38 bits per heavy atom. The van der Waals surface area contributed by atoms with Gasteiger partial charge in [-0.3, -0.25) is 0 Å². The predicted molar refractivity (Wildman–Crippen MR) is 76.6 cm³/mol. The number of rotatable bonds is 3. The number of hydrogen-bond donors (Lipinski definition) is 0. The molecule has 1 fully saturated rings. The summed E-state index contributed by atoms with van der Waals surface area (Å²) < 4.78 is 15.6. The number of aryl methyl sites for hydroxylation is 1. The molecule has 0 spiro atoms. The monoisotopic (exact) mass is 290 g/mol. The number of hydrogen-bond acceptors (Lipinski definition) is 5. The molecule has 0 bridgehead atoms. The Morgan fingerprint density at radius 1 is 1.19 bits per heavy atom. The lowest BCUT2D eigenvalue weighted by molar-refractivity contribution is -0.222. The first-order chi connectivity index (χ1) is 9.82. The minimum Gasteiger partial charge on any atom is -0.493 e. The second-order valence-corrected chi connectivity index (χ2v) is 5.21. The van der Waals surface area contributed by atoms with E-state index >= 15 is 0 Å². The summed E-state index contributed by atoms with van der Waals surface area (Å²) in [6.07, 6.45) is 1.44. The van der Waals surface area contributed by atoms with E-state index in [0.717, 1.165) is 5.56 Å². The summed E-state index contributed by atoms with van der Waals surface area (Å²) in [6.45, 7) is 7.29. The summed E-state index contributed by atoms with van der Waals surface area (Å²) in [6, 6.07) is 5.53. The van der Waals surface area contributed by atoms with Crippen molar-refractivity contribution < 1.29 is 23.8 Å². The molecule has 0 N–H and O–H groups in total. The quantitative estimate of drug-likeness (QED) is 0.486. The molecule has 0 radical (unpaired) electrons. The minimum atomic E-state index is -1.24. The molecule has 1 aromatic carbocycles. The molecule has 1 aliphatic rings. The van der Waals surface area contributed by atoms with Gasteiger partial charge in [-0.15, -0.1) is 0 Å². The van der Waals surface area contributed by atoms with Gasteiger partial charge >= 0.3 is 11.9 Å². The highest BCUT2D eigenvalue weighted by Gasteiger charge is 2.38. The van der Waals surface area contributed by atoms with Gasteiger partial charge in [0.2, 0.25) is 0 Å². The van der Waals surface area contributed by atoms with E-state index < -0.39 is 17.7 Å². The van der Waals surface area contributed by atoms with Gasteiger partial charge in [-0.2, -0.15) is 0 Å². The van der Waals surface area contributed by atoms with Crippen LogP contribution in [-0.4, -0.2) is 24.3 Å². The summed E-state index contributed by atoms with van der Waals surface area (Å²) in [5.74, 6) is -2.03. The maximum absolute atomic E-state index is 11.9. The molecule has 0 amide bonds. The van der Waals surface area contributed by atoms with Gasteiger partial charge in [-0.05, 0) is 32.1 Å². The normalized spacial score (nSPS) is 17.0. The van der Waals surface area contributed by atoms with E-state index in [1.165, 1.54) is 19.9 Å². The fourth-order valence-corrected chi connectivity index (χ4v) is 2.00. The first kappa shape index (κ1) is 15.1. The second-order valence-electron chi connectivity index (χ2n) is 5.21. The first-order valence-electron chi connectivity index (χ1n) is 6.74. The number of carbonyl (C=O) groups is 2. The molecule has 5 nitrogen and oxygen atoms in total. The van der Waals surface area contributed by atoms with Crippen molar-refractivity contribution in [3.63, 3.8) is 0 Å². The maximum Gasteiger partial charge on any atom is 0.348 e. The average Bonchev–Trinajstić information content (AvgIpc) is 2.36. The number of cyclic esters (lactones) is 2. The average molecular weight is 290 g/mol. The molecule has 0 aliphatic carbocycles. The molecule has 112 valence electrons. The Morgan fingerprint density at radius 2 is 1.81 bits per heavy atom. The SMILES string of the molecule is CCOc1ccc(C)cc1C=C1C(=O)OC(C)(C)OC1=O. The molecular formula is C16H18O5. The zero-order valence-corrected chi connectivity index (χ0v) is 12.6. The number of carbonyl (C=O) groups excluding carboxylic acids is 2. The third-order valence-corrected chi connectivity index (χ3v) is 2.88. The molecule has 1 heterocycles. The second kappa shape index (κ2) is 5.60. The Kier molecular flexibility index (Phi) is 4.02. The molecule has 1 aliphatic heterocycles. The van der Waals surface area contributed by atoms with Crippen LogP contribution in [0.2, 0.25) is 0 Å². The van der Waals surface area contributed by atoms with Gasteiger partial charge in [-0.1, -0.05) is 11.6 Å². The van der Waals surface area contributed by atoms with E-state index in [9.17, 15) is 9.59 Å². The van der Waals surface area contributed by atoms with E-state index in [1.807, 2.05) is 26.0 Å². The van der Waals surface area contributed by atoms with Gasteiger partial charge in [-0.25, -0.2) is 9.59 Å². The lowest BCUT2D eigenvalue weighted by Gasteiger charge is -2.29. The van der Waals surface area contributed by atoms with Crippen molar-refractivity contribution in [3.05, 3.63) is 34.9 Å². The molecule has 5 heteroatoms. The Balaban J connectivity index is 2.41. The van der Waals surface area contributed by atoms with Crippen molar-refractivity contribution >= 4 is 18.0 Å². The Hall–Kier alpha value is -2.30. The van der Waals surface area contributed by atoms with Crippen LogP contribution in [0.5, 0.6) is 5.75 Å². The predicted octanol–water partition coefficient (Wildman–Crippen LogP) is 2.61. The van der Waals surface area contributed by atoms with Crippen LogP contribution in [-0.2, 0) is 19.1 Å². The van der Waals surface area contributed by atoms with Gasteiger partial charge < -0.3 is 14.2 Å². The molecule has 1 saturated heterocycles. The molecule has 0 saturated carbocycles. The van der Waals surface area contributed by atoms with Crippen molar-refractivity contribution in [1.82, 2.24) is 0 Å². The third-order valence-electron chi connectivity index (χ3n) is 2.88. The molecule has 0 unspecified atom stereocenters. The standard InChI is InChI=1S/C16H18O5/c1-5-19-13-7-6-10(2)8-11(13)9-12-14(17)20-16(3,4)21-15(12)18/h6-9H,5H2,1-4H3. The fourth-order valence-electron chi connectivity index (χ4n) is 2.00. The molecule has 2 rings (SSSR count). The van der Waals surface area contributed by atoms with E-state index in [4.69, 9.17) is 14.2 Å². The molecule has 1 aromatic rings. The third kappa shape index (κ3) is 3.42. The smallest absolute Gasteiger partial charge is 0.348 e. The number of esters is 2. The van der Waals surface area contributed by atoms with Crippen LogP contribution in [0.15, 0.2) is 23.8 Å². The van der Waals surface area contributed by atoms with E-state index in [1.54, 1.807) is 6.07 Å². The highest BCUT2D eigenvalue weighted by atomic mass is 16.7. The maximum atomic E-state index is 11.9. The van der Waals surface area contributed by atoms with Gasteiger partial charge in [0.15, 0.2) is 0 Å². The van der Waals surface area contributed by atoms with Crippen LogP contribution in [0.3, 0.4) is 0 Å². The summed E-state index contributed by atoms with van der Waals surface area (Å²) in [7, 11) is 0. The van der Waals surface area contributed by atoms with Crippen LogP contribution in [0.25, 0.3) is 6.08 Å². The van der Waals surface area contributed by atoms with Crippen molar-refractivity contribution in [1.29, 1.82) is 0 Å². The lowest BCUT2D eigenvalue weighted by Crippen LogP contribution is -2.41. The first-order valence-corrected chi connectivity index (χ1v) is 6.74. The largest absolute Gasteiger partial charge is 0.493 e. The topological polar surface area (TPSA) is 61.8 Å². The van der Waals surface area contributed by atoms with Crippen LogP contribution in [0.1, 0.15) is 31.9 Å². The fraction of sp³-hybridized carbons (Fsp3) is 0.375. The highest BCUT2D eigenvalue weighted by molar-refractivity contribution is 6.19. The van der Waals surface area contributed by atoms with Crippen LogP contribution in [0, 0.1) is 6.92 Å². The summed E-state index contributed by atoms with van der Waals surface area (Å²) in [4.78, 5) is 23.9. The summed E-state index contributed by atoms with van der Waals surface area (Å²) in [5, 5.41) is 0. The van der Waals surface area contributed by atoms with E-state index in [-0.39, 0.29) is 5.57 Å². The van der Waals surface area contributed by atoms with Crippen molar-refractivity contribution in [2.45, 2.75) is 33.5 Å². The Bertz CT molecular complexity index is 591.